The van der Waals surface area contributed by atoms with Crippen LogP contribution in [0.5, 0.6) is 0 Å². The first-order valence-electron chi connectivity index (χ1n) is 19.5. The lowest BCUT2D eigenvalue weighted by Gasteiger charge is -2.18. The standard InChI is InChI=1S/C42H77NO2/c1-5-7-9-11-13-15-17-19-21-23-25-27-29-31-33-35-37-41(40-45-42(44)39-43(3)4)38-36-34-32-30-28-26-24-22-20-18-16-14-12-10-8-6-2/h13-16,19-22,41H,5-12,17-18,23-40H2,1-4H3/b15-13-,16-14-,21-19-,22-20-. The van der Waals surface area contributed by atoms with Gasteiger partial charge in [-0.15, -0.1) is 0 Å². The van der Waals surface area contributed by atoms with Crippen molar-refractivity contribution in [2.24, 2.45) is 5.92 Å². The molecule has 0 N–H and O–H groups in total. The van der Waals surface area contributed by atoms with Crippen LogP contribution < -0.4 is 0 Å². The maximum absolute atomic E-state index is 12.1. The Hall–Kier alpha value is -1.61. The van der Waals surface area contributed by atoms with E-state index >= 15 is 0 Å². The van der Waals surface area contributed by atoms with Gasteiger partial charge in [-0.05, 0) is 97.1 Å². The number of hydrogen-bond donors (Lipinski definition) is 0. The molecule has 3 heteroatoms. The number of hydrogen-bond acceptors (Lipinski definition) is 3. The SMILES string of the molecule is CCCCC/C=C\C/C=C\CCCCCCCCC(CCCCCCCC/C=C\C/C=C\CCCCC)COC(=O)CN(C)C. The molecule has 45 heavy (non-hydrogen) atoms. The second-order valence-corrected chi connectivity index (χ2v) is 13.5. The fourth-order valence-corrected chi connectivity index (χ4v) is 5.67. The molecule has 0 aliphatic rings. The van der Waals surface area contributed by atoms with Crippen molar-refractivity contribution < 1.29 is 9.53 Å². The average molecular weight is 628 g/mol. The Balaban J connectivity index is 3.95. The summed E-state index contributed by atoms with van der Waals surface area (Å²) in [6, 6.07) is 0. The molecule has 0 radical (unpaired) electrons. The van der Waals surface area contributed by atoms with Crippen LogP contribution in [-0.4, -0.2) is 38.1 Å². The van der Waals surface area contributed by atoms with E-state index in [0.717, 1.165) is 12.8 Å². The van der Waals surface area contributed by atoms with Gasteiger partial charge in [0, 0.05) is 0 Å². The van der Waals surface area contributed by atoms with Crippen LogP contribution in [0.1, 0.15) is 181 Å². The Morgan fingerprint density at radius 1 is 0.511 bits per heavy atom. The first-order valence-corrected chi connectivity index (χ1v) is 19.5. The highest BCUT2D eigenvalue weighted by atomic mass is 16.5. The van der Waals surface area contributed by atoms with E-state index in [1.807, 2.05) is 19.0 Å². The lowest BCUT2D eigenvalue weighted by molar-refractivity contribution is -0.145. The number of ether oxygens (including phenoxy) is 1. The van der Waals surface area contributed by atoms with Crippen LogP contribution in [0.15, 0.2) is 48.6 Å². The van der Waals surface area contributed by atoms with E-state index in [0.29, 0.717) is 19.1 Å². The Labute approximate surface area is 282 Å². The van der Waals surface area contributed by atoms with E-state index in [1.165, 1.54) is 154 Å². The van der Waals surface area contributed by atoms with Gasteiger partial charge in [-0.3, -0.25) is 9.69 Å². The van der Waals surface area contributed by atoms with Gasteiger partial charge < -0.3 is 4.74 Å². The van der Waals surface area contributed by atoms with Crippen molar-refractivity contribution in [1.82, 2.24) is 4.90 Å². The quantitative estimate of drug-likeness (QED) is 0.0404. The van der Waals surface area contributed by atoms with Crippen LogP contribution in [0.3, 0.4) is 0 Å². The number of esters is 1. The molecular weight excluding hydrogens is 550 g/mol. The summed E-state index contributed by atoms with van der Waals surface area (Å²) in [5, 5.41) is 0. The molecular formula is C42H77NO2. The second kappa shape index (κ2) is 36.9. The zero-order chi connectivity index (χ0) is 32.9. The normalized spacial score (nSPS) is 12.4. The van der Waals surface area contributed by atoms with Gasteiger partial charge in [0.1, 0.15) is 0 Å². The molecule has 0 bridgehead atoms. The molecule has 0 aliphatic carbocycles. The third-order valence-electron chi connectivity index (χ3n) is 8.55. The van der Waals surface area contributed by atoms with Gasteiger partial charge in [-0.1, -0.05) is 152 Å². The summed E-state index contributed by atoms with van der Waals surface area (Å²) >= 11 is 0. The maximum Gasteiger partial charge on any atom is 0.320 e. The lowest BCUT2D eigenvalue weighted by Crippen LogP contribution is -2.25. The Morgan fingerprint density at radius 3 is 1.24 bits per heavy atom. The summed E-state index contributed by atoms with van der Waals surface area (Å²) in [4.78, 5) is 14.0. The first kappa shape index (κ1) is 43.4. The Kier molecular flexibility index (Phi) is 35.5. The van der Waals surface area contributed by atoms with E-state index in [9.17, 15) is 4.79 Å². The van der Waals surface area contributed by atoms with Crippen molar-refractivity contribution in [1.29, 1.82) is 0 Å². The van der Waals surface area contributed by atoms with Crippen molar-refractivity contribution in [3.05, 3.63) is 48.6 Å². The van der Waals surface area contributed by atoms with Gasteiger partial charge in [0.2, 0.25) is 0 Å². The molecule has 0 aliphatic heterocycles. The number of carbonyl (C=O) groups is 1. The van der Waals surface area contributed by atoms with Gasteiger partial charge in [0.05, 0.1) is 13.2 Å². The van der Waals surface area contributed by atoms with Crippen molar-refractivity contribution in [2.75, 3.05) is 27.2 Å². The predicted octanol–water partition coefficient (Wildman–Crippen LogP) is 13.1. The van der Waals surface area contributed by atoms with Gasteiger partial charge in [0.25, 0.3) is 0 Å². The molecule has 0 saturated heterocycles. The van der Waals surface area contributed by atoms with E-state index < -0.39 is 0 Å². The number of unbranched alkanes of at least 4 members (excludes halogenated alkanes) is 18. The molecule has 0 unspecified atom stereocenters. The fraction of sp³-hybridized carbons (Fsp3) is 0.786. The summed E-state index contributed by atoms with van der Waals surface area (Å²) in [6.07, 6.45) is 52.0. The van der Waals surface area contributed by atoms with Gasteiger partial charge in [-0.25, -0.2) is 0 Å². The third kappa shape index (κ3) is 36.7. The van der Waals surface area contributed by atoms with Crippen LogP contribution in [0, 0.1) is 5.92 Å². The number of rotatable bonds is 34. The van der Waals surface area contributed by atoms with E-state index in [2.05, 4.69) is 62.5 Å². The van der Waals surface area contributed by atoms with Gasteiger partial charge in [0.15, 0.2) is 0 Å². The highest BCUT2D eigenvalue weighted by molar-refractivity contribution is 5.71. The molecule has 0 heterocycles. The largest absolute Gasteiger partial charge is 0.464 e. The molecule has 0 rings (SSSR count). The molecule has 0 spiro atoms. The molecule has 0 amide bonds. The van der Waals surface area contributed by atoms with Crippen molar-refractivity contribution in [3.63, 3.8) is 0 Å². The molecule has 0 aromatic rings. The Morgan fingerprint density at radius 2 is 0.867 bits per heavy atom. The number of allylic oxidation sites excluding steroid dienone is 8. The highest BCUT2D eigenvalue weighted by Crippen LogP contribution is 2.20. The van der Waals surface area contributed by atoms with E-state index in [1.54, 1.807) is 0 Å². The molecule has 262 valence electrons. The van der Waals surface area contributed by atoms with Crippen LogP contribution in [0.4, 0.5) is 0 Å². The van der Waals surface area contributed by atoms with Crippen LogP contribution in [0.2, 0.25) is 0 Å². The summed E-state index contributed by atoms with van der Waals surface area (Å²) in [6.45, 7) is 5.51. The smallest absolute Gasteiger partial charge is 0.320 e. The summed E-state index contributed by atoms with van der Waals surface area (Å²) in [7, 11) is 3.85. The number of likely N-dealkylation sites (N-methyl/N-ethyl adjacent to an activating group) is 1. The molecule has 0 aromatic carbocycles. The number of nitrogens with zero attached hydrogens (tertiary/aromatic N) is 1. The van der Waals surface area contributed by atoms with Gasteiger partial charge >= 0.3 is 5.97 Å². The summed E-state index contributed by atoms with van der Waals surface area (Å²) < 4.78 is 5.67. The minimum absolute atomic E-state index is 0.0842. The summed E-state index contributed by atoms with van der Waals surface area (Å²) in [5.74, 6) is 0.437. The van der Waals surface area contributed by atoms with Gasteiger partial charge in [-0.2, -0.15) is 0 Å². The first-order chi connectivity index (χ1) is 22.1. The Bertz CT molecular complexity index is 672. The van der Waals surface area contributed by atoms with Crippen LogP contribution in [0.25, 0.3) is 0 Å². The molecule has 0 saturated carbocycles. The summed E-state index contributed by atoms with van der Waals surface area (Å²) in [5.41, 5.74) is 0. The lowest BCUT2D eigenvalue weighted by atomic mass is 9.94. The third-order valence-corrected chi connectivity index (χ3v) is 8.55. The van der Waals surface area contributed by atoms with Crippen LogP contribution >= 0.6 is 0 Å². The zero-order valence-corrected chi connectivity index (χ0v) is 30.8. The molecule has 3 nitrogen and oxygen atoms in total. The maximum atomic E-state index is 12.1. The molecule has 0 aromatic heterocycles. The fourth-order valence-electron chi connectivity index (χ4n) is 5.67. The van der Waals surface area contributed by atoms with E-state index in [4.69, 9.17) is 4.74 Å². The van der Waals surface area contributed by atoms with Crippen molar-refractivity contribution in [3.8, 4) is 0 Å². The predicted molar refractivity (Wildman–Crippen MR) is 201 cm³/mol. The van der Waals surface area contributed by atoms with Crippen molar-refractivity contribution >= 4 is 5.97 Å². The monoisotopic (exact) mass is 628 g/mol. The average Bonchev–Trinajstić information content (AvgIpc) is 3.02. The number of carbonyl (C=O) groups excluding carboxylic acids is 1. The van der Waals surface area contributed by atoms with E-state index in [-0.39, 0.29) is 5.97 Å². The highest BCUT2D eigenvalue weighted by Gasteiger charge is 2.13. The molecule has 0 atom stereocenters. The second-order valence-electron chi connectivity index (χ2n) is 13.5. The molecule has 0 fully saturated rings. The van der Waals surface area contributed by atoms with Crippen molar-refractivity contribution in [2.45, 2.75) is 181 Å². The zero-order valence-electron chi connectivity index (χ0n) is 30.8. The minimum atomic E-state index is -0.0842. The minimum Gasteiger partial charge on any atom is -0.464 e. The van der Waals surface area contributed by atoms with Crippen LogP contribution in [-0.2, 0) is 9.53 Å². The topological polar surface area (TPSA) is 29.5 Å².